The first-order valence-electron chi connectivity index (χ1n) is 5.03. The number of rotatable bonds is 5. The fraction of sp³-hybridized carbons (Fsp3) is 0.300. The van der Waals surface area contributed by atoms with Crippen LogP contribution in [0.1, 0.15) is 17.3 Å². The van der Waals surface area contributed by atoms with Gasteiger partial charge in [0.05, 0.1) is 10.7 Å². The van der Waals surface area contributed by atoms with Crippen LogP contribution >= 0.6 is 27.5 Å². The van der Waals surface area contributed by atoms with Gasteiger partial charge in [-0.25, -0.2) is 8.42 Å². The molecular formula is C10H9BrClNO5S. The molecule has 1 aromatic carbocycles. The summed E-state index contributed by atoms with van der Waals surface area (Å²) in [4.78, 5) is 22.0. The predicted octanol–water partition coefficient (Wildman–Crippen LogP) is 2.50. The number of hydrogen-bond donors (Lipinski definition) is 0. The second-order valence-corrected chi connectivity index (χ2v) is 8.94. The summed E-state index contributed by atoms with van der Waals surface area (Å²) in [6, 6.07) is 4.71. The zero-order valence-corrected chi connectivity index (χ0v) is 12.8. The second-order valence-electron chi connectivity index (χ2n) is 3.56. The summed E-state index contributed by atoms with van der Waals surface area (Å²) in [5.74, 6) is -1.30. The molecule has 0 aromatic heterocycles. The first-order valence-corrected chi connectivity index (χ1v) is 7.85. The molecule has 0 aliphatic heterocycles. The number of nitrogens with zero attached hydrogens (tertiary/aromatic N) is 1. The Bertz CT molecular complexity index is 629. The zero-order chi connectivity index (χ0) is 14.8. The van der Waals surface area contributed by atoms with Crippen LogP contribution in [-0.2, 0) is 9.84 Å². The molecule has 0 bridgehead atoms. The molecule has 0 aliphatic carbocycles. The number of non-ortho nitro benzene ring substituents is 1. The predicted molar refractivity (Wildman–Crippen MR) is 74.4 cm³/mol. The highest BCUT2D eigenvalue weighted by Crippen LogP contribution is 2.35. The molecule has 0 saturated carbocycles. The molecule has 0 N–H and O–H groups in total. The van der Waals surface area contributed by atoms with Crippen LogP contribution in [0, 0.1) is 10.1 Å². The number of alkyl halides is 2. The van der Waals surface area contributed by atoms with Gasteiger partial charge in [0.2, 0.25) is 5.78 Å². The Balaban J connectivity index is 3.28. The van der Waals surface area contributed by atoms with Crippen molar-refractivity contribution in [1.29, 1.82) is 0 Å². The minimum atomic E-state index is -3.92. The van der Waals surface area contributed by atoms with Gasteiger partial charge in [-0.05, 0) is 15.9 Å². The Morgan fingerprint density at radius 3 is 2.58 bits per heavy atom. The fourth-order valence-electron chi connectivity index (χ4n) is 1.25. The molecule has 0 heterocycles. The molecule has 6 nitrogen and oxygen atoms in total. The molecule has 9 heteroatoms. The van der Waals surface area contributed by atoms with Crippen molar-refractivity contribution >= 4 is 48.8 Å². The van der Waals surface area contributed by atoms with E-state index in [1.165, 1.54) is 25.1 Å². The summed E-state index contributed by atoms with van der Waals surface area (Å²) in [5, 5.41) is 10.6. The highest BCUT2D eigenvalue weighted by molar-refractivity contribution is 9.12. The van der Waals surface area contributed by atoms with Gasteiger partial charge in [-0.15, -0.1) is 0 Å². The van der Waals surface area contributed by atoms with Crippen LogP contribution in [0.5, 0.6) is 0 Å². The van der Waals surface area contributed by atoms with Gasteiger partial charge in [0.15, 0.2) is 9.84 Å². The number of halogens is 2. The topological polar surface area (TPSA) is 94.3 Å². The van der Waals surface area contributed by atoms with Crippen LogP contribution in [0.2, 0.25) is 0 Å². The van der Waals surface area contributed by atoms with Crippen LogP contribution in [0.3, 0.4) is 0 Å². The number of benzene rings is 1. The van der Waals surface area contributed by atoms with Crippen molar-refractivity contribution in [1.82, 2.24) is 0 Å². The van der Waals surface area contributed by atoms with Crippen LogP contribution in [0.4, 0.5) is 5.69 Å². The largest absolute Gasteiger partial charge is 0.290 e. The lowest BCUT2D eigenvalue weighted by Gasteiger charge is -2.17. The normalized spacial score (nSPS) is 14.7. The van der Waals surface area contributed by atoms with E-state index in [1.54, 1.807) is 0 Å². The molecule has 104 valence electrons. The van der Waals surface area contributed by atoms with E-state index in [0.717, 1.165) is 6.07 Å². The Morgan fingerprint density at radius 2 is 2.11 bits per heavy atom. The van der Waals surface area contributed by atoms with Crippen molar-refractivity contribution in [3.05, 3.63) is 39.9 Å². The number of hydrogen-bond acceptors (Lipinski definition) is 5. The van der Waals surface area contributed by atoms with Gasteiger partial charge in [-0.3, -0.25) is 14.9 Å². The molecule has 0 spiro atoms. The third-order valence-corrected chi connectivity index (χ3v) is 6.80. The Kier molecular flexibility index (Phi) is 4.70. The number of nitro groups is 1. The summed E-state index contributed by atoms with van der Waals surface area (Å²) >= 11 is 8.44. The van der Waals surface area contributed by atoms with Crippen molar-refractivity contribution in [2.45, 2.75) is 10.0 Å². The van der Waals surface area contributed by atoms with Crippen molar-refractivity contribution in [2.24, 2.45) is 0 Å². The van der Waals surface area contributed by atoms with E-state index in [2.05, 4.69) is 15.9 Å². The Labute approximate surface area is 123 Å². The molecular weight excluding hydrogens is 362 g/mol. The van der Waals surface area contributed by atoms with Gasteiger partial charge in [0.1, 0.15) is 0 Å². The third kappa shape index (κ3) is 3.13. The van der Waals surface area contributed by atoms with Gasteiger partial charge in [0.25, 0.3) is 8.80 Å². The molecule has 0 radical (unpaired) electrons. The molecule has 1 aromatic rings. The number of Topliss-reactive ketones (excluding diaryl/α,β-unsaturated/α-hetero) is 1. The van der Waals surface area contributed by atoms with Crippen molar-refractivity contribution in [3.63, 3.8) is 0 Å². The van der Waals surface area contributed by atoms with Crippen LogP contribution in [0.15, 0.2) is 24.3 Å². The molecule has 1 atom stereocenters. The van der Waals surface area contributed by atoms with Crippen LogP contribution in [-0.4, -0.2) is 28.0 Å². The first-order chi connectivity index (χ1) is 8.63. The van der Waals surface area contributed by atoms with Crippen molar-refractivity contribution in [3.8, 4) is 0 Å². The van der Waals surface area contributed by atoms with Gasteiger partial charge in [-0.1, -0.05) is 30.7 Å². The van der Waals surface area contributed by atoms with Crippen molar-refractivity contribution < 1.29 is 18.1 Å². The maximum atomic E-state index is 12.1. The monoisotopic (exact) mass is 369 g/mol. The maximum Gasteiger partial charge on any atom is 0.270 e. The lowest BCUT2D eigenvalue weighted by molar-refractivity contribution is -0.384. The van der Waals surface area contributed by atoms with E-state index in [9.17, 15) is 23.3 Å². The van der Waals surface area contributed by atoms with Gasteiger partial charge < -0.3 is 0 Å². The smallest absolute Gasteiger partial charge is 0.270 e. The van der Waals surface area contributed by atoms with E-state index in [1.807, 2.05) is 0 Å². The standard InChI is InChI=1S/C10H9BrClNO5S/c1-2-19(17,18)10(11,12)9(14)7-4-3-5-8(6-7)13(15)16/h3-6H,2H2,1H3/t10-/m0/s1. The number of ketones is 1. The van der Waals surface area contributed by atoms with E-state index in [4.69, 9.17) is 11.6 Å². The second kappa shape index (κ2) is 5.56. The summed E-state index contributed by atoms with van der Waals surface area (Å²) < 4.78 is 21.1. The SMILES string of the molecule is CCS(=O)(=O)[C@](Cl)(Br)C(=O)c1cccc([N+](=O)[O-])c1. The van der Waals surface area contributed by atoms with Gasteiger partial charge in [0, 0.05) is 17.7 Å². The lowest BCUT2D eigenvalue weighted by atomic mass is 10.1. The minimum absolute atomic E-state index is 0.155. The van der Waals surface area contributed by atoms with E-state index in [0.29, 0.717) is 0 Å². The van der Waals surface area contributed by atoms with Gasteiger partial charge >= 0.3 is 0 Å². The molecule has 1 rings (SSSR count). The molecule has 0 fully saturated rings. The van der Waals surface area contributed by atoms with Crippen molar-refractivity contribution in [2.75, 3.05) is 5.75 Å². The average molecular weight is 371 g/mol. The highest BCUT2D eigenvalue weighted by atomic mass is 79.9. The number of carbonyl (C=O) groups is 1. The van der Waals surface area contributed by atoms with E-state index < -0.39 is 23.7 Å². The minimum Gasteiger partial charge on any atom is -0.290 e. The van der Waals surface area contributed by atoms with Crippen LogP contribution in [0.25, 0.3) is 0 Å². The van der Waals surface area contributed by atoms with E-state index >= 15 is 0 Å². The average Bonchev–Trinajstić information content (AvgIpc) is 2.37. The summed E-state index contributed by atoms with van der Waals surface area (Å²) in [5.41, 5.74) is -0.474. The summed E-state index contributed by atoms with van der Waals surface area (Å²) in [7, 11) is -3.92. The zero-order valence-electron chi connectivity index (χ0n) is 9.67. The Morgan fingerprint density at radius 1 is 1.53 bits per heavy atom. The molecule has 0 aliphatic rings. The maximum absolute atomic E-state index is 12.1. The van der Waals surface area contributed by atoms with Gasteiger partial charge in [-0.2, -0.15) is 0 Å². The number of sulfone groups is 1. The van der Waals surface area contributed by atoms with Crippen LogP contribution < -0.4 is 0 Å². The summed E-state index contributed by atoms with van der Waals surface area (Å²) in [6.07, 6.45) is 0. The Hall–Kier alpha value is -0.990. The lowest BCUT2D eigenvalue weighted by Crippen LogP contribution is -2.36. The molecule has 0 amide bonds. The number of carbonyl (C=O) groups excluding carboxylic acids is 1. The first kappa shape index (κ1) is 16.1. The molecule has 0 saturated heterocycles. The molecule has 0 unspecified atom stereocenters. The molecule has 19 heavy (non-hydrogen) atoms. The van der Waals surface area contributed by atoms with E-state index in [-0.39, 0.29) is 17.0 Å². The quantitative estimate of drug-likeness (QED) is 0.343. The summed E-state index contributed by atoms with van der Waals surface area (Å²) in [6.45, 7) is 1.34. The highest BCUT2D eigenvalue weighted by Gasteiger charge is 2.46. The fourth-order valence-corrected chi connectivity index (χ4v) is 3.37. The third-order valence-electron chi connectivity index (χ3n) is 2.35. The number of nitro benzene ring substituents is 1.